The van der Waals surface area contributed by atoms with E-state index in [1.807, 2.05) is 12.1 Å². The van der Waals surface area contributed by atoms with Crippen LogP contribution in [0.5, 0.6) is 0 Å². The van der Waals surface area contributed by atoms with Gasteiger partial charge in [-0.3, -0.25) is 4.90 Å². The molecule has 1 heterocycles. The Bertz CT molecular complexity index is 595. The number of piperidine rings is 1. The van der Waals surface area contributed by atoms with E-state index in [-0.39, 0.29) is 5.82 Å². The van der Waals surface area contributed by atoms with Gasteiger partial charge in [0.2, 0.25) is 10.0 Å². The summed E-state index contributed by atoms with van der Waals surface area (Å²) in [6, 6.07) is 7.27. The van der Waals surface area contributed by atoms with Gasteiger partial charge in [0.25, 0.3) is 0 Å². The molecule has 0 amide bonds. The molecule has 2 rings (SSSR count). The fourth-order valence-corrected chi connectivity index (χ4v) is 4.34. The van der Waals surface area contributed by atoms with Crippen LogP contribution in [-0.4, -0.2) is 51.0 Å². The van der Waals surface area contributed by atoms with Crippen LogP contribution in [0.4, 0.5) is 4.39 Å². The Morgan fingerprint density at radius 2 is 2.13 bits per heavy atom. The number of benzene rings is 1. The maximum atomic E-state index is 13.6. The molecule has 1 fully saturated rings. The van der Waals surface area contributed by atoms with Crippen molar-refractivity contribution in [1.29, 1.82) is 0 Å². The Kier molecular flexibility index (Phi) is 7.33. The van der Waals surface area contributed by atoms with Crippen molar-refractivity contribution in [2.45, 2.75) is 36.6 Å². The standard InChI is InChI=1S/C16H25FN2O2S2/c1-23(20,21)18-10-9-14-6-4-5-11-19(14)12-13-22-16-8-3-2-7-15(16)17/h2-3,7-8,14,18H,4-6,9-13H2,1H3. The molecule has 0 spiro atoms. The predicted octanol–water partition coefficient (Wildman–Crippen LogP) is 2.71. The molecular weight excluding hydrogens is 335 g/mol. The molecule has 23 heavy (non-hydrogen) atoms. The van der Waals surface area contributed by atoms with Gasteiger partial charge in [0.1, 0.15) is 5.82 Å². The van der Waals surface area contributed by atoms with Crippen LogP contribution in [0.15, 0.2) is 29.2 Å². The Labute approximate surface area is 142 Å². The van der Waals surface area contributed by atoms with Gasteiger partial charge in [0.05, 0.1) is 6.26 Å². The molecule has 0 aliphatic carbocycles. The molecule has 0 aromatic heterocycles. The third-order valence-corrected chi connectivity index (χ3v) is 5.82. The van der Waals surface area contributed by atoms with Gasteiger partial charge in [0, 0.05) is 29.8 Å². The third kappa shape index (κ3) is 6.79. The summed E-state index contributed by atoms with van der Waals surface area (Å²) in [7, 11) is -3.11. The molecule has 1 aromatic carbocycles. The fraction of sp³-hybridized carbons (Fsp3) is 0.625. The monoisotopic (exact) mass is 360 g/mol. The minimum absolute atomic E-state index is 0.162. The molecule has 7 heteroatoms. The van der Waals surface area contributed by atoms with Gasteiger partial charge >= 0.3 is 0 Å². The lowest BCUT2D eigenvalue weighted by atomic mass is 9.99. The lowest BCUT2D eigenvalue weighted by Gasteiger charge is -2.35. The zero-order chi connectivity index (χ0) is 16.7. The minimum Gasteiger partial charge on any atom is -0.300 e. The van der Waals surface area contributed by atoms with Crippen LogP contribution in [0.3, 0.4) is 0 Å². The summed E-state index contributed by atoms with van der Waals surface area (Å²) >= 11 is 1.54. The number of sulfonamides is 1. The summed E-state index contributed by atoms with van der Waals surface area (Å²) < 4.78 is 38.5. The van der Waals surface area contributed by atoms with Crippen molar-refractivity contribution < 1.29 is 12.8 Å². The van der Waals surface area contributed by atoms with E-state index in [0.717, 1.165) is 31.7 Å². The maximum Gasteiger partial charge on any atom is 0.208 e. The van der Waals surface area contributed by atoms with Crippen molar-refractivity contribution in [1.82, 2.24) is 9.62 Å². The number of rotatable bonds is 8. The van der Waals surface area contributed by atoms with Crippen molar-refractivity contribution in [3.05, 3.63) is 30.1 Å². The number of hydrogen-bond donors (Lipinski definition) is 1. The largest absolute Gasteiger partial charge is 0.300 e. The second kappa shape index (κ2) is 9.01. The van der Waals surface area contributed by atoms with Crippen LogP contribution >= 0.6 is 11.8 Å². The van der Waals surface area contributed by atoms with Crippen molar-refractivity contribution in [3.63, 3.8) is 0 Å². The number of nitrogens with zero attached hydrogens (tertiary/aromatic N) is 1. The molecule has 0 bridgehead atoms. The molecule has 0 radical (unpaired) electrons. The first-order valence-electron chi connectivity index (χ1n) is 8.02. The third-order valence-electron chi connectivity index (χ3n) is 4.06. The maximum absolute atomic E-state index is 13.6. The van der Waals surface area contributed by atoms with Gasteiger partial charge < -0.3 is 0 Å². The van der Waals surface area contributed by atoms with Crippen molar-refractivity contribution in [2.24, 2.45) is 0 Å². The first-order chi connectivity index (χ1) is 11.0. The number of thioether (sulfide) groups is 1. The molecular formula is C16H25FN2O2S2. The van der Waals surface area contributed by atoms with Gasteiger partial charge in [-0.25, -0.2) is 17.5 Å². The predicted molar refractivity (Wildman–Crippen MR) is 93.8 cm³/mol. The fourth-order valence-electron chi connectivity index (χ4n) is 2.93. The number of likely N-dealkylation sites (tertiary alicyclic amines) is 1. The summed E-state index contributed by atoms with van der Waals surface area (Å²) in [5.74, 6) is 0.682. The number of halogens is 1. The highest BCUT2D eigenvalue weighted by atomic mass is 32.2. The number of hydrogen-bond acceptors (Lipinski definition) is 4. The molecule has 1 aliphatic rings. The minimum atomic E-state index is -3.11. The van der Waals surface area contributed by atoms with Crippen LogP contribution in [0.1, 0.15) is 25.7 Å². The van der Waals surface area contributed by atoms with E-state index < -0.39 is 10.0 Å². The van der Waals surface area contributed by atoms with Crippen LogP contribution in [0.25, 0.3) is 0 Å². The molecule has 1 N–H and O–H groups in total. The molecule has 1 aliphatic heterocycles. The summed E-state index contributed by atoms with van der Waals surface area (Å²) in [6.07, 6.45) is 5.50. The molecule has 1 aromatic rings. The molecule has 4 nitrogen and oxygen atoms in total. The highest BCUT2D eigenvalue weighted by Gasteiger charge is 2.22. The van der Waals surface area contributed by atoms with Crippen LogP contribution < -0.4 is 4.72 Å². The SMILES string of the molecule is CS(=O)(=O)NCCC1CCCCN1CCSc1ccccc1F. The highest BCUT2D eigenvalue weighted by Crippen LogP contribution is 2.24. The summed E-state index contributed by atoms with van der Waals surface area (Å²) in [5.41, 5.74) is 0. The quantitative estimate of drug-likeness (QED) is 0.724. The lowest BCUT2D eigenvalue weighted by molar-refractivity contribution is 0.150. The summed E-state index contributed by atoms with van der Waals surface area (Å²) in [5, 5.41) is 0. The lowest BCUT2D eigenvalue weighted by Crippen LogP contribution is -2.42. The number of nitrogens with one attached hydrogen (secondary N) is 1. The summed E-state index contributed by atoms with van der Waals surface area (Å²) in [4.78, 5) is 3.11. The zero-order valence-corrected chi connectivity index (χ0v) is 15.1. The summed E-state index contributed by atoms with van der Waals surface area (Å²) in [6.45, 7) is 2.43. The highest BCUT2D eigenvalue weighted by molar-refractivity contribution is 7.99. The normalized spacial score (nSPS) is 19.8. The molecule has 1 unspecified atom stereocenters. The Morgan fingerprint density at radius 3 is 2.87 bits per heavy atom. The van der Waals surface area contributed by atoms with E-state index in [4.69, 9.17) is 0 Å². The first-order valence-corrected chi connectivity index (χ1v) is 10.9. The molecule has 130 valence electrons. The van der Waals surface area contributed by atoms with Gasteiger partial charge in [-0.15, -0.1) is 11.8 Å². The van der Waals surface area contributed by atoms with Crippen molar-refractivity contribution in [3.8, 4) is 0 Å². The van der Waals surface area contributed by atoms with E-state index in [1.165, 1.54) is 25.2 Å². The van der Waals surface area contributed by atoms with Gasteiger partial charge in [0.15, 0.2) is 0 Å². The average molecular weight is 361 g/mol. The van der Waals surface area contributed by atoms with Crippen LogP contribution in [0.2, 0.25) is 0 Å². The Morgan fingerprint density at radius 1 is 1.35 bits per heavy atom. The topological polar surface area (TPSA) is 49.4 Å². The van der Waals surface area contributed by atoms with E-state index in [1.54, 1.807) is 17.8 Å². The van der Waals surface area contributed by atoms with Crippen molar-refractivity contribution >= 4 is 21.8 Å². The Balaban J connectivity index is 1.78. The van der Waals surface area contributed by atoms with Gasteiger partial charge in [-0.2, -0.15) is 0 Å². The smallest absolute Gasteiger partial charge is 0.208 e. The first kappa shape index (κ1) is 18.7. The second-order valence-corrected chi connectivity index (χ2v) is 8.89. The van der Waals surface area contributed by atoms with Gasteiger partial charge in [-0.05, 0) is 37.9 Å². The molecule has 1 atom stereocenters. The van der Waals surface area contributed by atoms with E-state index in [9.17, 15) is 12.8 Å². The Hall–Kier alpha value is -0.630. The van der Waals surface area contributed by atoms with Gasteiger partial charge in [-0.1, -0.05) is 18.6 Å². The zero-order valence-electron chi connectivity index (χ0n) is 13.5. The van der Waals surface area contributed by atoms with Crippen LogP contribution in [0, 0.1) is 5.82 Å². The molecule has 1 saturated heterocycles. The molecule has 0 saturated carbocycles. The average Bonchev–Trinajstić information content (AvgIpc) is 2.49. The van der Waals surface area contributed by atoms with Crippen molar-refractivity contribution in [2.75, 3.05) is 31.6 Å². The van der Waals surface area contributed by atoms with E-state index >= 15 is 0 Å². The second-order valence-electron chi connectivity index (χ2n) is 5.92. The van der Waals surface area contributed by atoms with E-state index in [0.29, 0.717) is 17.5 Å². The van der Waals surface area contributed by atoms with Crippen LogP contribution in [-0.2, 0) is 10.0 Å². The van der Waals surface area contributed by atoms with E-state index in [2.05, 4.69) is 9.62 Å².